The van der Waals surface area contributed by atoms with Gasteiger partial charge < -0.3 is 15.4 Å². The molecule has 0 spiro atoms. The van der Waals surface area contributed by atoms with E-state index in [2.05, 4.69) is 30.7 Å². The van der Waals surface area contributed by atoms with Crippen LogP contribution in [0, 0.1) is 0 Å². The minimum atomic E-state index is 0.542. The lowest BCUT2D eigenvalue weighted by molar-refractivity contribution is 0.392. The van der Waals surface area contributed by atoms with Gasteiger partial charge in [0.1, 0.15) is 12.2 Å². The van der Waals surface area contributed by atoms with Crippen LogP contribution in [0.5, 0.6) is 5.88 Å². The summed E-state index contributed by atoms with van der Waals surface area (Å²) in [5.41, 5.74) is 0.960. The highest BCUT2D eigenvalue weighted by Crippen LogP contribution is 2.12. The Morgan fingerprint density at radius 1 is 1.33 bits per heavy atom. The summed E-state index contributed by atoms with van der Waals surface area (Å²) in [5, 5.41) is 10.4. The molecular formula is C13H19N7O. The molecule has 0 fully saturated rings. The Morgan fingerprint density at radius 2 is 2.14 bits per heavy atom. The lowest BCUT2D eigenvalue weighted by Crippen LogP contribution is -2.37. The van der Waals surface area contributed by atoms with Crippen LogP contribution in [0.15, 0.2) is 29.6 Å². The topological polar surface area (TPSA) is 89.2 Å². The summed E-state index contributed by atoms with van der Waals surface area (Å²) in [6, 6.07) is 3.82. The molecule has 0 saturated carbocycles. The normalized spacial score (nSPS) is 11.3. The van der Waals surface area contributed by atoms with Gasteiger partial charge in [-0.05, 0) is 6.07 Å². The van der Waals surface area contributed by atoms with Crippen molar-refractivity contribution in [2.45, 2.75) is 13.1 Å². The van der Waals surface area contributed by atoms with Gasteiger partial charge in [-0.1, -0.05) is 6.07 Å². The minimum absolute atomic E-state index is 0.542. The molecule has 8 nitrogen and oxygen atoms in total. The van der Waals surface area contributed by atoms with Crippen molar-refractivity contribution in [3.8, 4) is 5.88 Å². The molecule has 8 heteroatoms. The van der Waals surface area contributed by atoms with Gasteiger partial charge in [-0.3, -0.25) is 9.67 Å². The van der Waals surface area contributed by atoms with Gasteiger partial charge in [0, 0.05) is 32.4 Å². The third-order valence-electron chi connectivity index (χ3n) is 2.93. The number of nitrogens with one attached hydrogen (secondary N) is 2. The van der Waals surface area contributed by atoms with Crippen LogP contribution in [0.3, 0.4) is 0 Å². The molecule has 0 atom stereocenters. The molecule has 0 unspecified atom stereocenters. The average molecular weight is 289 g/mol. The first-order valence-electron chi connectivity index (χ1n) is 6.50. The molecule has 0 aromatic carbocycles. The van der Waals surface area contributed by atoms with Crippen molar-refractivity contribution in [2.75, 3.05) is 14.2 Å². The first kappa shape index (κ1) is 14.8. The number of aryl methyl sites for hydroxylation is 1. The number of aromatic nitrogens is 4. The van der Waals surface area contributed by atoms with Crippen molar-refractivity contribution in [1.82, 2.24) is 30.4 Å². The Balaban J connectivity index is 1.90. The lowest BCUT2D eigenvalue weighted by atomic mass is 10.3. The van der Waals surface area contributed by atoms with E-state index in [0.717, 1.165) is 11.4 Å². The van der Waals surface area contributed by atoms with Crippen LogP contribution in [-0.2, 0) is 20.1 Å². The van der Waals surface area contributed by atoms with Crippen LogP contribution in [0.4, 0.5) is 0 Å². The van der Waals surface area contributed by atoms with Crippen LogP contribution < -0.4 is 15.4 Å². The van der Waals surface area contributed by atoms with Gasteiger partial charge in [0.25, 0.3) is 0 Å². The second kappa shape index (κ2) is 7.22. The summed E-state index contributed by atoms with van der Waals surface area (Å²) in [4.78, 5) is 12.5. The molecule has 0 radical (unpaired) electrons. The Bertz CT molecular complexity index is 608. The zero-order valence-corrected chi connectivity index (χ0v) is 12.4. The molecule has 2 N–H and O–H groups in total. The molecule has 2 rings (SSSR count). The molecule has 0 aliphatic rings. The largest absolute Gasteiger partial charge is 0.481 e. The Labute approximate surface area is 123 Å². The van der Waals surface area contributed by atoms with E-state index in [9.17, 15) is 0 Å². The molecule has 21 heavy (non-hydrogen) atoms. The molecule has 0 saturated heterocycles. The van der Waals surface area contributed by atoms with E-state index in [4.69, 9.17) is 4.74 Å². The van der Waals surface area contributed by atoms with E-state index < -0.39 is 0 Å². The average Bonchev–Trinajstić information content (AvgIpc) is 2.93. The first-order chi connectivity index (χ1) is 10.2. The molecule has 2 aromatic rings. The standard InChI is InChI=1S/C13H19N7O/c1-14-13(17-8-11-18-9-19-20(11)2)16-7-10-5-4-6-15-12(10)21-3/h4-6,9H,7-8H2,1-3H3,(H2,14,16,17). The van der Waals surface area contributed by atoms with Gasteiger partial charge >= 0.3 is 0 Å². The fourth-order valence-corrected chi connectivity index (χ4v) is 1.78. The van der Waals surface area contributed by atoms with Crippen LogP contribution in [-0.4, -0.2) is 39.9 Å². The summed E-state index contributed by atoms with van der Waals surface area (Å²) in [6.45, 7) is 1.11. The Kier molecular flexibility index (Phi) is 5.08. The van der Waals surface area contributed by atoms with Gasteiger partial charge in [-0.15, -0.1) is 0 Å². The van der Waals surface area contributed by atoms with Gasteiger partial charge in [-0.2, -0.15) is 5.10 Å². The van der Waals surface area contributed by atoms with E-state index >= 15 is 0 Å². The van der Waals surface area contributed by atoms with Crippen LogP contribution in [0.1, 0.15) is 11.4 Å². The predicted octanol–water partition coefficient (Wildman–Crippen LogP) is 0.0839. The van der Waals surface area contributed by atoms with Gasteiger partial charge in [0.2, 0.25) is 5.88 Å². The highest BCUT2D eigenvalue weighted by molar-refractivity contribution is 5.79. The number of rotatable bonds is 5. The molecule has 2 aromatic heterocycles. The van der Waals surface area contributed by atoms with Crippen molar-refractivity contribution < 1.29 is 4.74 Å². The van der Waals surface area contributed by atoms with Gasteiger partial charge in [0.15, 0.2) is 5.96 Å². The number of aliphatic imine (C=N–C) groups is 1. The number of guanidine groups is 1. The molecule has 2 heterocycles. The first-order valence-corrected chi connectivity index (χ1v) is 6.50. The van der Waals surface area contributed by atoms with Gasteiger partial charge in [0.05, 0.1) is 13.7 Å². The van der Waals surface area contributed by atoms with E-state index in [-0.39, 0.29) is 0 Å². The van der Waals surface area contributed by atoms with Crippen molar-refractivity contribution >= 4 is 5.96 Å². The van der Waals surface area contributed by atoms with Crippen molar-refractivity contribution in [3.05, 3.63) is 36.0 Å². The molecular weight excluding hydrogens is 270 g/mol. The fraction of sp³-hybridized carbons (Fsp3) is 0.385. The highest BCUT2D eigenvalue weighted by atomic mass is 16.5. The summed E-state index contributed by atoms with van der Waals surface area (Å²) < 4.78 is 6.93. The molecule has 112 valence electrons. The maximum Gasteiger partial charge on any atom is 0.218 e. The second-order valence-corrected chi connectivity index (χ2v) is 4.25. The number of hydrogen-bond acceptors (Lipinski definition) is 5. The second-order valence-electron chi connectivity index (χ2n) is 4.25. The molecule has 0 aliphatic carbocycles. The number of ether oxygens (including phenoxy) is 1. The summed E-state index contributed by atoms with van der Waals surface area (Å²) in [5.74, 6) is 2.11. The molecule has 0 amide bonds. The summed E-state index contributed by atoms with van der Waals surface area (Å²) in [6.07, 6.45) is 3.22. The summed E-state index contributed by atoms with van der Waals surface area (Å²) in [7, 11) is 5.17. The third-order valence-corrected chi connectivity index (χ3v) is 2.93. The van der Waals surface area contributed by atoms with Crippen LogP contribution in [0.2, 0.25) is 0 Å². The quantitative estimate of drug-likeness (QED) is 0.599. The zero-order chi connectivity index (χ0) is 15.1. The monoisotopic (exact) mass is 289 g/mol. The van der Waals surface area contributed by atoms with Crippen molar-refractivity contribution in [1.29, 1.82) is 0 Å². The maximum atomic E-state index is 5.21. The van der Waals surface area contributed by atoms with Crippen molar-refractivity contribution in [3.63, 3.8) is 0 Å². The van der Waals surface area contributed by atoms with E-state index in [1.807, 2.05) is 19.2 Å². The maximum absolute atomic E-state index is 5.21. The molecule has 0 aliphatic heterocycles. The smallest absolute Gasteiger partial charge is 0.218 e. The zero-order valence-electron chi connectivity index (χ0n) is 12.4. The lowest BCUT2D eigenvalue weighted by Gasteiger charge is -2.12. The SMILES string of the molecule is CN=C(NCc1cccnc1OC)NCc1ncnn1C. The fourth-order valence-electron chi connectivity index (χ4n) is 1.78. The van der Waals surface area contributed by atoms with Gasteiger partial charge in [-0.25, -0.2) is 9.97 Å². The van der Waals surface area contributed by atoms with Crippen molar-refractivity contribution in [2.24, 2.45) is 12.0 Å². The van der Waals surface area contributed by atoms with E-state index in [1.54, 1.807) is 25.0 Å². The highest BCUT2D eigenvalue weighted by Gasteiger charge is 2.06. The Hall–Kier alpha value is -2.64. The summed E-state index contributed by atoms with van der Waals surface area (Å²) >= 11 is 0. The Morgan fingerprint density at radius 3 is 2.81 bits per heavy atom. The number of hydrogen-bond donors (Lipinski definition) is 2. The number of methoxy groups -OCH3 is 1. The minimum Gasteiger partial charge on any atom is -0.481 e. The molecule has 0 bridgehead atoms. The van der Waals surface area contributed by atoms with E-state index in [0.29, 0.717) is 24.9 Å². The van der Waals surface area contributed by atoms with Crippen LogP contribution >= 0.6 is 0 Å². The van der Waals surface area contributed by atoms with Crippen LogP contribution in [0.25, 0.3) is 0 Å². The number of pyridine rings is 1. The third kappa shape index (κ3) is 3.91. The van der Waals surface area contributed by atoms with E-state index in [1.165, 1.54) is 6.33 Å². The number of nitrogens with zero attached hydrogens (tertiary/aromatic N) is 5. The predicted molar refractivity (Wildman–Crippen MR) is 78.8 cm³/mol.